The van der Waals surface area contributed by atoms with Crippen LogP contribution in [-0.4, -0.2) is 56.3 Å². The van der Waals surface area contributed by atoms with E-state index < -0.39 is 10.1 Å². The van der Waals surface area contributed by atoms with E-state index in [0.29, 0.717) is 6.42 Å². The van der Waals surface area contributed by atoms with Crippen molar-refractivity contribution in [2.75, 3.05) is 38.5 Å². The minimum absolute atomic E-state index is 0. The van der Waals surface area contributed by atoms with Crippen LogP contribution in [0, 0.1) is 0 Å². The molecule has 6 nitrogen and oxygen atoms in total. The molecule has 0 saturated carbocycles. The first-order chi connectivity index (χ1) is 6.99. The second kappa shape index (κ2) is 9.98. The Hall–Kier alpha value is -0.210. The van der Waals surface area contributed by atoms with Crippen LogP contribution in [-0.2, 0) is 10.1 Å². The zero-order valence-electron chi connectivity index (χ0n) is 10.3. The highest BCUT2D eigenvalue weighted by Crippen LogP contribution is 1.88. The summed E-state index contributed by atoms with van der Waals surface area (Å²) in [7, 11) is -3.67. The second-order valence-electron chi connectivity index (χ2n) is 3.47. The van der Waals surface area contributed by atoms with Crippen LogP contribution in [0.2, 0.25) is 0 Å². The average molecular weight is 255 g/mol. The average Bonchev–Trinajstić information content (AvgIpc) is 2.18. The topological polar surface area (TPSA) is 105 Å². The highest BCUT2D eigenvalue weighted by molar-refractivity contribution is 7.85. The first-order valence-electron chi connectivity index (χ1n) is 5.37. The van der Waals surface area contributed by atoms with Gasteiger partial charge in [0.05, 0.1) is 5.75 Å². The number of nitrogens with one attached hydrogen (secondary N) is 1. The van der Waals surface area contributed by atoms with Crippen LogP contribution in [0.4, 0.5) is 0 Å². The Morgan fingerprint density at radius 1 is 1.25 bits per heavy atom. The smallest absolute Gasteiger partial charge is 0.264 e. The Morgan fingerprint density at radius 2 is 1.75 bits per heavy atom. The molecule has 16 heavy (non-hydrogen) atoms. The third kappa shape index (κ3) is 11.9. The Morgan fingerprint density at radius 3 is 1.94 bits per heavy atom. The van der Waals surface area contributed by atoms with Crippen molar-refractivity contribution in [1.82, 2.24) is 16.4 Å². The molecular formula is C9H25N3O3S. The summed E-state index contributed by atoms with van der Waals surface area (Å²) in [4.78, 5) is 2.45. The predicted molar refractivity (Wildman–Crippen MR) is 66.7 cm³/mol. The summed E-state index contributed by atoms with van der Waals surface area (Å²) >= 11 is 0. The first-order valence-corrected chi connectivity index (χ1v) is 6.98. The molecule has 0 aromatic carbocycles. The molecule has 5 N–H and O–H groups in total. The van der Waals surface area contributed by atoms with E-state index in [-0.39, 0.29) is 11.9 Å². The summed E-state index contributed by atoms with van der Waals surface area (Å²) in [5, 5.41) is 3.31. The Balaban J connectivity index is 0. The maximum Gasteiger partial charge on any atom is 0.264 e. The van der Waals surface area contributed by atoms with Crippen molar-refractivity contribution in [2.45, 2.75) is 20.3 Å². The molecule has 0 aliphatic carbocycles. The van der Waals surface area contributed by atoms with Crippen molar-refractivity contribution in [3.8, 4) is 0 Å². The minimum Gasteiger partial charge on any atom is -0.344 e. The van der Waals surface area contributed by atoms with Gasteiger partial charge in [-0.25, -0.2) is 0 Å². The van der Waals surface area contributed by atoms with Gasteiger partial charge in [-0.05, 0) is 13.0 Å². The summed E-state index contributed by atoms with van der Waals surface area (Å²) < 4.78 is 27.6. The van der Waals surface area contributed by atoms with Crippen molar-refractivity contribution >= 4 is 10.1 Å². The van der Waals surface area contributed by atoms with E-state index in [2.05, 4.69) is 17.1 Å². The zero-order valence-corrected chi connectivity index (χ0v) is 11.1. The van der Waals surface area contributed by atoms with Crippen LogP contribution in [0.1, 0.15) is 20.3 Å². The lowest BCUT2D eigenvalue weighted by Gasteiger charge is -2.25. The normalized spacial score (nSPS) is 16.9. The lowest BCUT2D eigenvalue weighted by atomic mass is 10.4. The zero-order chi connectivity index (χ0) is 11.7. The fourth-order valence-corrected chi connectivity index (χ4v) is 1.80. The van der Waals surface area contributed by atoms with E-state index in [0.717, 1.165) is 0 Å². The maximum absolute atomic E-state index is 9.79. The monoisotopic (exact) mass is 255 g/mol. The van der Waals surface area contributed by atoms with Crippen molar-refractivity contribution in [3.05, 3.63) is 0 Å². The molecule has 1 saturated heterocycles. The Labute approximate surface area is 98.7 Å². The minimum atomic E-state index is -3.67. The van der Waals surface area contributed by atoms with Crippen molar-refractivity contribution in [3.63, 3.8) is 0 Å². The Kier molecular flexibility index (Phi) is 11.3. The third-order valence-electron chi connectivity index (χ3n) is 2.12. The summed E-state index contributed by atoms with van der Waals surface area (Å²) in [6, 6.07) is 0. The number of hydrogen-bond donors (Lipinski definition) is 3. The molecule has 100 valence electrons. The predicted octanol–water partition coefficient (Wildman–Crippen LogP) is 0.358. The van der Waals surface area contributed by atoms with Gasteiger partial charge in [0.25, 0.3) is 10.1 Å². The quantitative estimate of drug-likeness (QED) is 0.629. The molecule has 1 aliphatic rings. The molecule has 0 unspecified atom stereocenters. The molecule has 1 aliphatic heterocycles. The van der Waals surface area contributed by atoms with E-state index in [4.69, 9.17) is 4.55 Å². The standard InChI is InChI=1S/C6H14N2.C3H8O3S.H3N/c1-2-8-5-3-7-4-6-8;1-2-3-7(4,5)6;/h7H,2-6H2,1H3;2-3H2,1H3,(H,4,5,6);1H3. The maximum atomic E-state index is 9.79. The molecule has 0 aromatic rings. The van der Waals surface area contributed by atoms with E-state index in [9.17, 15) is 8.42 Å². The summed E-state index contributed by atoms with van der Waals surface area (Å²) in [5.41, 5.74) is 0. The van der Waals surface area contributed by atoms with Gasteiger partial charge in [-0.3, -0.25) is 4.55 Å². The van der Waals surface area contributed by atoms with Crippen LogP contribution in [0.5, 0.6) is 0 Å². The molecule has 0 aromatic heterocycles. The van der Waals surface area contributed by atoms with E-state index in [1.807, 2.05) is 0 Å². The number of likely N-dealkylation sites (N-methyl/N-ethyl adjacent to an activating group) is 1. The number of nitrogens with zero attached hydrogens (tertiary/aromatic N) is 1. The van der Waals surface area contributed by atoms with Gasteiger partial charge in [0.2, 0.25) is 0 Å². The van der Waals surface area contributed by atoms with Crippen LogP contribution >= 0.6 is 0 Å². The van der Waals surface area contributed by atoms with Gasteiger partial charge in [-0.15, -0.1) is 0 Å². The highest BCUT2D eigenvalue weighted by atomic mass is 32.2. The van der Waals surface area contributed by atoms with Crippen LogP contribution in [0.3, 0.4) is 0 Å². The van der Waals surface area contributed by atoms with Crippen molar-refractivity contribution in [2.24, 2.45) is 0 Å². The molecule has 0 amide bonds. The van der Waals surface area contributed by atoms with Crippen LogP contribution in [0.25, 0.3) is 0 Å². The van der Waals surface area contributed by atoms with Gasteiger partial charge < -0.3 is 16.4 Å². The van der Waals surface area contributed by atoms with Gasteiger partial charge in [-0.2, -0.15) is 8.42 Å². The molecule has 1 fully saturated rings. The largest absolute Gasteiger partial charge is 0.344 e. The number of piperazine rings is 1. The van der Waals surface area contributed by atoms with E-state index >= 15 is 0 Å². The fraction of sp³-hybridized carbons (Fsp3) is 1.00. The van der Waals surface area contributed by atoms with Gasteiger partial charge in [0.1, 0.15) is 0 Å². The fourth-order valence-electron chi connectivity index (χ4n) is 1.29. The molecule has 7 heteroatoms. The molecule has 0 atom stereocenters. The van der Waals surface area contributed by atoms with E-state index in [1.165, 1.54) is 32.7 Å². The van der Waals surface area contributed by atoms with E-state index in [1.54, 1.807) is 6.92 Å². The van der Waals surface area contributed by atoms with Crippen molar-refractivity contribution < 1.29 is 13.0 Å². The molecule has 0 radical (unpaired) electrons. The van der Waals surface area contributed by atoms with Crippen LogP contribution in [0.15, 0.2) is 0 Å². The summed E-state index contributed by atoms with van der Waals surface area (Å²) in [6.45, 7) is 9.93. The number of hydrogen-bond acceptors (Lipinski definition) is 5. The molecular weight excluding hydrogens is 230 g/mol. The Bertz CT molecular complexity index is 238. The van der Waals surface area contributed by atoms with Gasteiger partial charge in [0.15, 0.2) is 0 Å². The molecule has 1 heterocycles. The van der Waals surface area contributed by atoms with Gasteiger partial charge in [0, 0.05) is 26.2 Å². The lowest BCUT2D eigenvalue weighted by molar-refractivity contribution is 0.253. The van der Waals surface area contributed by atoms with Crippen molar-refractivity contribution in [1.29, 1.82) is 0 Å². The third-order valence-corrected chi connectivity index (χ3v) is 3.04. The SMILES string of the molecule is CCCS(=O)(=O)O.CCN1CCNCC1.N. The first kappa shape index (κ1) is 18.2. The summed E-state index contributed by atoms with van der Waals surface area (Å²) in [5.74, 6) is -0.132. The lowest BCUT2D eigenvalue weighted by Crippen LogP contribution is -2.43. The molecule has 0 bridgehead atoms. The molecule has 0 spiro atoms. The summed E-state index contributed by atoms with van der Waals surface area (Å²) in [6.07, 6.45) is 0.471. The van der Waals surface area contributed by atoms with Gasteiger partial charge in [-0.1, -0.05) is 13.8 Å². The van der Waals surface area contributed by atoms with Crippen LogP contribution < -0.4 is 11.5 Å². The highest BCUT2D eigenvalue weighted by Gasteiger charge is 2.04. The molecule has 1 rings (SSSR count). The van der Waals surface area contributed by atoms with Gasteiger partial charge >= 0.3 is 0 Å². The second-order valence-corrected chi connectivity index (χ2v) is 5.04. The number of rotatable bonds is 3.